The second-order valence-corrected chi connectivity index (χ2v) is 9.88. The Kier molecular flexibility index (Phi) is 127. The molecule has 0 radical (unpaired) electrons. The van der Waals surface area contributed by atoms with Crippen LogP contribution in [0.4, 0.5) is 0 Å². The first kappa shape index (κ1) is 91.8. The molecule has 0 spiro atoms. The molecule has 60 heavy (non-hydrogen) atoms. The van der Waals surface area contributed by atoms with Gasteiger partial charge in [0.15, 0.2) is 0 Å². The van der Waals surface area contributed by atoms with Crippen LogP contribution in [0.1, 0.15) is 198 Å². The quantitative estimate of drug-likeness (QED) is 0.146. The number of carbonyl (C=O) groups excluding carboxylic acids is 8. The molecule has 1 atom stereocenters. The van der Waals surface area contributed by atoms with Crippen LogP contribution in [0.15, 0.2) is 0 Å². The largest absolute Gasteiger partial charge is 0.468 e. The molecule has 0 aromatic heterocycles. The molecule has 2 saturated heterocycles. The van der Waals surface area contributed by atoms with Gasteiger partial charge in [-0.2, -0.15) is 0 Å². The van der Waals surface area contributed by atoms with Gasteiger partial charge in [0.25, 0.3) is 30.1 Å². The second-order valence-electron chi connectivity index (χ2n) is 9.88. The van der Waals surface area contributed by atoms with E-state index in [0.29, 0.717) is 35.5 Å². The van der Waals surface area contributed by atoms with Crippen LogP contribution in [-0.4, -0.2) is 106 Å². The molecule has 0 aromatic carbocycles. The van der Waals surface area contributed by atoms with Crippen molar-refractivity contribution < 1.29 is 73.6 Å². The van der Waals surface area contributed by atoms with E-state index in [9.17, 15) is 38.4 Å². The molecule has 0 bridgehead atoms. The molecule has 2 aliphatic rings. The number of ketones is 1. The molecule has 2 aliphatic heterocycles. The van der Waals surface area contributed by atoms with Gasteiger partial charge < -0.3 is 40.0 Å². The van der Waals surface area contributed by atoms with Crippen molar-refractivity contribution in [1.29, 1.82) is 0 Å². The summed E-state index contributed by atoms with van der Waals surface area (Å²) in [5.41, 5.74) is 0. The number of ether oxygens (including phenoxy) is 1. The van der Waals surface area contributed by atoms with E-state index in [1.807, 2.05) is 69.2 Å². The number of Topliss-reactive ketones (excluding diaryl/α,β-unsaturated/α-hetero) is 1. The van der Waals surface area contributed by atoms with Crippen molar-refractivity contribution in [3.05, 3.63) is 0 Å². The Morgan fingerprint density at radius 1 is 0.583 bits per heavy atom. The second kappa shape index (κ2) is 83.0. The molecule has 0 aromatic rings. The molecule has 17 heteroatoms. The number of rotatable bonds is 9. The van der Waals surface area contributed by atoms with Gasteiger partial charge >= 0.3 is 11.9 Å². The average molecular weight is 883 g/mol. The average Bonchev–Trinajstić information content (AvgIpc) is 3.71. The number of hydrogen-bond acceptors (Lipinski definition) is 14. The summed E-state index contributed by atoms with van der Waals surface area (Å²) < 4.78 is 4.51. The fourth-order valence-electron chi connectivity index (χ4n) is 2.18. The maximum absolute atomic E-state index is 10.7. The highest BCUT2D eigenvalue weighted by Gasteiger charge is 2.32. The maximum Gasteiger partial charge on any atom is 0.330 e. The maximum atomic E-state index is 10.7. The van der Waals surface area contributed by atoms with Crippen LogP contribution in [0.3, 0.4) is 0 Å². The topological polar surface area (TPSA) is 263 Å². The first-order chi connectivity index (χ1) is 26.9. The third-order valence-corrected chi connectivity index (χ3v) is 5.49. The highest BCUT2D eigenvalue weighted by molar-refractivity contribution is 6.02. The number of carbonyl (C=O) groups is 8. The third kappa shape index (κ3) is 86.1. The molecule has 4 amide bonds. The third-order valence-electron chi connectivity index (χ3n) is 5.49. The number of aliphatic hydroxyl groups excluding tert-OH is 3. The van der Waals surface area contributed by atoms with Crippen molar-refractivity contribution in [3.63, 3.8) is 0 Å². The van der Waals surface area contributed by atoms with Gasteiger partial charge in [-0.25, -0.2) is 9.59 Å². The Morgan fingerprint density at radius 2 is 0.783 bits per heavy atom. The minimum atomic E-state index is -0.659. The molecule has 2 heterocycles. The molecule has 0 aliphatic carbocycles. The first-order valence-electron chi connectivity index (χ1n) is 20.2. The monoisotopic (exact) mass is 883 g/mol. The number of amides is 4. The van der Waals surface area contributed by atoms with Crippen molar-refractivity contribution in [1.82, 2.24) is 10.1 Å². The van der Waals surface area contributed by atoms with E-state index in [4.69, 9.17) is 15.3 Å². The van der Waals surface area contributed by atoms with Crippen LogP contribution in [0, 0.1) is 11.8 Å². The van der Waals surface area contributed by atoms with E-state index in [1.54, 1.807) is 20.8 Å². The van der Waals surface area contributed by atoms with Gasteiger partial charge in [0.2, 0.25) is 0 Å². The summed E-state index contributed by atoms with van der Waals surface area (Å²) in [5, 5.41) is 23.2. The summed E-state index contributed by atoms with van der Waals surface area (Å²) in [5.74, 6) is -1.44. The first-order valence-corrected chi connectivity index (χ1v) is 20.2. The van der Waals surface area contributed by atoms with E-state index in [0.717, 1.165) is 33.3 Å². The Labute approximate surface area is 367 Å². The lowest BCUT2D eigenvalue weighted by Gasteiger charge is -2.09. The van der Waals surface area contributed by atoms with Crippen LogP contribution < -0.4 is 0 Å². The summed E-state index contributed by atoms with van der Waals surface area (Å²) in [4.78, 5) is 91.7. The van der Waals surface area contributed by atoms with Gasteiger partial charge in [0, 0.05) is 66.3 Å². The zero-order chi connectivity index (χ0) is 48.0. The van der Waals surface area contributed by atoms with Gasteiger partial charge in [-0.15, -0.1) is 10.1 Å². The summed E-state index contributed by atoms with van der Waals surface area (Å²) in [6, 6.07) is 0. The Bertz CT molecular complexity index is 818. The molecule has 2 fully saturated rings. The van der Waals surface area contributed by atoms with Crippen LogP contribution >= 0.6 is 0 Å². The Balaban J connectivity index is -0.0000000387. The predicted octanol–water partition coefficient (Wildman–Crippen LogP) is 8.02. The van der Waals surface area contributed by atoms with Crippen molar-refractivity contribution in [3.8, 4) is 0 Å². The number of nitrogens with zero attached hydrogens (tertiary/aromatic N) is 2. The van der Waals surface area contributed by atoms with Crippen LogP contribution in [0.5, 0.6) is 0 Å². The van der Waals surface area contributed by atoms with Crippen molar-refractivity contribution in [2.24, 2.45) is 11.8 Å². The molecule has 1 unspecified atom stereocenters. The molecule has 17 nitrogen and oxygen atoms in total. The number of hydroxylamine groups is 4. The standard InChI is InChI=1S/2C6H7NO4.C6H12O2.C6H14.C4H8O.2C2H6O.4C2H6.CH4O.2CH4.H2O/c2*1-4(8)11-7-5(9)2-3-6(7)10;1-3-6(2)4-8-5-7;1-4-6(3)5-2;1-3-4(2)5;2*1-2-3;5*1-2;;;/h2*2-3H2,1H3;5-6H,3-4H2,1-2H3;6H,4-5H2,1-3H3;3H2,1-2H3;2*3H,2H2,1H3;4*1-2H3;2H,1H3;2*1H4;1H2. The van der Waals surface area contributed by atoms with Crippen LogP contribution in [0.2, 0.25) is 0 Å². The number of imide groups is 2. The smallest absolute Gasteiger partial charge is 0.330 e. The van der Waals surface area contributed by atoms with E-state index >= 15 is 0 Å². The minimum Gasteiger partial charge on any atom is -0.468 e. The van der Waals surface area contributed by atoms with Gasteiger partial charge in [-0.1, -0.05) is 131 Å². The fourth-order valence-corrected chi connectivity index (χ4v) is 2.18. The Morgan fingerprint density at radius 3 is 0.900 bits per heavy atom. The lowest BCUT2D eigenvalue weighted by Crippen LogP contribution is -2.30. The normalized spacial score (nSPS) is 10.8. The van der Waals surface area contributed by atoms with Gasteiger partial charge in [-0.3, -0.25) is 24.0 Å². The van der Waals surface area contributed by atoms with Crippen molar-refractivity contribution >= 4 is 47.8 Å². The molecular formula is C43H98N2O15. The molecule has 5 N–H and O–H groups in total. The minimum absolute atomic E-state index is 0. The number of hydrogen-bond donors (Lipinski definition) is 3. The van der Waals surface area contributed by atoms with Gasteiger partial charge in [-0.05, 0) is 32.6 Å². The lowest BCUT2D eigenvalue weighted by atomic mass is 10.1. The summed E-state index contributed by atoms with van der Waals surface area (Å²) in [6.45, 7) is 37.5. The fraction of sp³-hybridized carbons (Fsp3) is 0.814. The predicted molar refractivity (Wildman–Crippen MR) is 244 cm³/mol. The summed E-state index contributed by atoms with van der Waals surface area (Å²) in [7, 11) is 1.00. The highest BCUT2D eigenvalue weighted by Crippen LogP contribution is 2.12. The van der Waals surface area contributed by atoms with E-state index in [1.165, 1.54) is 12.8 Å². The molecule has 370 valence electrons. The Hall–Kier alpha value is -3.80. The van der Waals surface area contributed by atoms with Crippen molar-refractivity contribution in [2.75, 3.05) is 26.9 Å². The van der Waals surface area contributed by atoms with Gasteiger partial charge in [0.1, 0.15) is 5.78 Å². The lowest BCUT2D eigenvalue weighted by molar-refractivity contribution is -0.195. The van der Waals surface area contributed by atoms with Gasteiger partial charge in [0.05, 0.1) is 6.61 Å². The SMILES string of the molecule is C.C.CC.CC.CC.CC.CC(=O)ON1C(=O)CCC1=O.CC(=O)ON1C(=O)CCC1=O.CCC(C)=O.CCC(C)CC.CCC(C)COC=O.CCO.CCO.CO.O. The van der Waals surface area contributed by atoms with Crippen molar-refractivity contribution in [2.45, 2.75) is 198 Å². The summed E-state index contributed by atoms with van der Waals surface area (Å²) >= 11 is 0. The van der Waals surface area contributed by atoms with E-state index < -0.39 is 35.6 Å². The zero-order valence-corrected chi connectivity index (χ0v) is 40.2. The van der Waals surface area contributed by atoms with Crippen LogP contribution in [0.25, 0.3) is 0 Å². The molecule has 0 saturated carbocycles. The molecular weight excluding hydrogens is 784 g/mol. The summed E-state index contributed by atoms with van der Waals surface area (Å²) in [6.07, 6.45) is 4.91. The number of aliphatic hydroxyl groups is 3. The molecule has 2 rings (SSSR count). The zero-order valence-electron chi connectivity index (χ0n) is 40.2. The van der Waals surface area contributed by atoms with E-state index in [-0.39, 0.29) is 65.0 Å². The highest BCUT2D eigenvalue weighted by atomic mass is 16.7. The van der Waals surface area contributed by atoms with E-state index in [2.05, 4.69) is 42.1 Å². The van der Waals surface area contributed by atoms with Crippen LogP contribution in [-0.2, 0) is 52.8 Å².